The number of hydrogen-bond acceptors (Lipinski definition) is 6. The average molecular weight is 1010 g/mol. The van der Waals surface area contributed by atoms with Gasteiger partial charge in [-0.3, -0.25) is 9.36 Å². The molecule has 0 bridgehead atoms. The zero-order valence-electron chi connectivity index (χ0n) is 46.9. The number of quaternary nitrogens is 1. The molecule has 3 unspecified atom stereocenters. The number of phosphoric acid groups is 1. The maximum absolute atomic E-state index is 12.9. The minimum absolute atomic E-state index is 0.0173. The number of aliphatic hydroxyl groups excluding tert-OH is 1. The minimum Gasteiger partial charge on any atom is -0.756 e. The van der Waals surface area contributed by atoms with Gasteiger partial charge in [-0.2, -0.15) is 0 Å². The molecule has 71 heavy (non-hydrogen) atoms. The summed E-state index contributed by atoms with van der Waals surface area (Å²) in [7, 11) is 1.21. The summed E-state index contributed by atoms with van der Waals surface area (Å²) in [5.74, 6) is -0.240. The molecule has 9 heteroatoms. The quantitative estimate of drug-likeness (QED) is 0.0272. The van der Waals surface area contributed by atoms with E-state index in [2.05, 4.69) is 92.1 Å². The Bertz CT molecular complexity index is 1430. The maximum Gasteiger partial charge on any atom is 0.268 e. The number of aliphatic hydroxyl groups is 1. The van der Waals surface area contributed by atoms with Gasteiger partial charge < -0.3 is 28.8 Å². The van der Waals surface area contributed by atoms with Crippen molar-refractivity contribution in [2.24, 2.45) is 0 Å². The van der Waals surface area contributed by atoms with Crippen molar-refractivity contribution in [3.63, 3.8) is 0 Å². The second-order valence-corrected chi connectivity index (χ2v) is 22.4. The number of carbonyl (C=O) groups is 1. The number of nitrogens with zero attached hydrogens (tertiary/aromatic N) is 1. The van der Waals surface area contributed by atoms with Gasteiger partial charge in [-0.05, 0) is 77.0 Å². The summed E-state index contributed by atoms with van der Waals surface area (Å²) in [6.07, 6.45) is 74.0. The Morgan fingerprint density at radius 3 is 1.31 bits per heavy atom. The second-order valence-electron chi connectivity index (χ2n) is 21.0. The predicted molar refractivity (Wildman–Crippen MR) is 307 cm³/mol. The standard InChI is InChI=1S/C62H113N2O6P/c1-6-8-10-12-14-16-18-20-22-24-26-27-28-29-30-31-32-33-34-35-36-38-39-41-43-45-47-49-51-53-55-61(65)60(59-70-71(67,68)69-58-57-64(3,4)5)63-62(66)56-54-52-50-48-46-44-42-40-37-25-23-21-19-17-15-13-11-9-7-2/h9,11,15,17,21,23,37,40,44-47,53,55,60-61,65H,6-8,10,12-14,16,18-20,22,24-36,38-39,41-43,48-52,54,56-59H2,1-5H3,(H-,63,66,67,68)/b11-9-,17-15-,23-21-,40-37-,46-44-,47-45+,55-53+. The number of hydrogen-bond donors (Lipinski definition) is 2. The number of likely N-dealkylation sites (N-methyl/N-ethyl adjacent to an activating group) is 1. The Kier molecular flexibility index (Phi) is 50.8. The molecular formula is C62H113N2O6P. The summed E-state index contributed by atoms with van der Waals surface area (Å²) in [5, 5.41) is 13.8. The number of nitrogens with one attached hydrogen (secondary N) is 1. The monoisotopic (exact) mass is 1010 g/mol. The van der Waals surface area contributed by atoms with Crippen LogP contribution in [-0.2, 0) is 18.4 Å². The van der Waals surface area contributed by atoms with Crippen molar-refractivity contribution < 1.29 is 32.9 Å². The predicted octanol–water partition coefficient (Wildman–Crippen LogP) is 17.4. The van der Waals surface area contributed by atoms with Gasteiger partial charge in [-0.25, -0.2) is 0 Å². The van der Waals surface area contributed by atoms with E-state index in [9.17, 15) is 19.4 Å². The van der Waals surface area contributed by atoms with Gasteiger partial charge in [-0.15, -0.1) is 0 Å². The molecule has 0 aliphatic rings. The molecule has 0 aromatic rings. The highest BCUT2D eigenvalue weighted by atomic mass is 31.2. The van der Waals surface area contributed by atoms with Crippen molar-refractivity contribution >= 4 is 13.7 Å². The molecule has 0 aliphatic heterocycles. The van der Waals surface area contributed by atoms with Gasteiger partial charge in [0.1, 0.15) is 13.2 Å². The van der Waals surface area contributed by atoms with Crippen LogP contribution in [0, 0.1) is 0 Å². The van der Waals surface area contributed by atoms with Crippen molar-refractivity contribution in [3.8, 4) is 0 Å². The van der Waals surface area contributed by atoms with Gasteiger partial charge in [0, 0.05) is 6.42 Å². The molecule has 0 radical (unpaired) electrons. The van der Waals surface area contributed by atoms with Crippen LogP contribution in [0.5, 0.6) is 0 Å². The van der Waals surface area contributed by atoms with E-state index in [1.807, 2.05) is 27.2 Å². The van der Waals surface area contributed by atoms with Crippen LogP contribution in [0.1, 0.15) is 251 Å². The highest BCUT2D eigenvalue weighted by Crippen LogP contribution is 2.38. The molecule has 0 aliphatic carbocycles. The highest BCUT2D eigenvalue weighted by Gasteiger charge is 2.23. The summed E-state index contributed by atoms with van der Waals surface area (Å²) in [4.78, 5) is 25.5. The van der Waals surface area contributed by atoms with Crippen molar-refractivity contribution in [2.75, 3.05) is 40.9 Å². The first-order chi connectivity index (χ1) is 34.5. The topological polar surface area (TPSA) is 108 Å². The third-order valence-electron chi connectivity index (χ3n) is 12.8. The lowest BCUT2D eigenvalue weighted by Crippen LogP contribution is -2.45. The molecule has 0 saturated heterocycles. The maximum atomic E-state index is 12.9. The van der Waals surface area contributed by atoms with Crippen LogP contribution < -0.4 is 10.2 Å². The number of phosphoric ester groups is 1. The van der Waals surface area contributed by atoms with E-state index in [0.717, 1.165) is 70.6 Å². The SMILES string of the molecule is CC/C=C\C/C=C\C/C=C\C/C=C\C/C=C\CCCCCC(=O)NC(COP(=O)([O-])OCC[N+](C)(C)C)C(O)/C=C/CC/C=C/CCCCCCCCCCCCCCCCCCCCCCCCCC. The van der Waals surface area contributed by atoms with E-state index >= 15 is 0 Å². The fraction of sp³-hybridized carbons (Fsp3) is 0.758. The van der Waals surface area contributed by atoms with Gasteiger partial charge in [0.2, 0.25) is 5.91 Å². The average Bonchev–Trinajstić information content (AvgIpc) is 3.33. The minimum atomic E-state index is -4.62. The van der Waals surface area contributed by atoms with Gasteiger partial charge in [-0.1, -0.05) is 253 Å². The first kappa shape index (κ1) is 68.7. The lowest BCUT2D eigenvalue weighted by atomic mass is 10.0. The number of carbonyl (C=O) groups excluding carboxylic acids is 1. The Hall–Kier alpha value is -2.32. The molecule has 412 valence electrons. The third kappa shape index (κ3) is 55.3. The summed E-state index contributed by atoms with van der Waals surface area (Å²) in [5.41, 5.74) is 0. The Labute approximate surface area is 439 Å². The lowest BCUT2D eigenvalue weighted by molar-refractivity contribution is -0.870. The van der Waals surface area contributed by atoms with E-state index < -0.39 is 26.6 Å². The number of amides is 1. The molecule has 0 saturated carbocycles. The Morgan fingerprint density at radius 1 is 0.507 bits per heavy atom. The van der Waals surface area contributed by atoms with Gasteiger partial charge in [0.05, 0.1) is 39.9 Å². The zero-order valence-corrected chi connectivity index (χ0v) is 47.8. The van der Waals surface area contributed by atoms with Crippen molar-refractivity contribution in [1.29, 1.82) is 0 Å². The number of allylic oxidation sites excluding steroid dienone is 13. The summed E-state index contributed by atoms with van der Waals surface area (Å²) in [6, 6.07) is -0.927. The van der Waals surface area contributed by atoms with Crippen LogP contribution >= 0.6 is 7.82 Å². The second kappa shape index (κ2) is 52.5. The molecule has 2 N–H and O–H groups in total. The highest BCUT2D eigenvalue weighted by molar-refractivity contribution is 7.45. The Morgan fingerprint density at radius 2 is 0.873 bits per heavy atom. The van der Waals surface area contributed by atoms with E-state index in [1.54, 1.807) is 6.08 Å². The zero-order chi connectivity index (χ0) is 52.0. The van der Waals surface area contributed by atoms with E-state index in [1.165, 1.54) is 154 Å². The summed E-state index contributed by atoms with van der Waals surface area (Å²) < 4.78 is 23.3. The molecule has 0 rings (SSSR count). The Balaban J connectivity index is 4.25. The van der Waals surface area contributed by atoms with Crippen LogP contribution in [0.25, 0.3) is 0 Å². The smallest absolute Gasteiger partial charge is 0.268 e. The molecule has 0 aromatic heterocycles. The molecule has 1 amide bonds. The number of unbranched alkanes of at least 4 members (excludes halogenated alkanes) is 28. The number of rotatable bonds is 53. The van der Waals surface area contributed by atoms with Crippen molar-refractivity contribution in [1.82, 2.24) is 5.32 Å². The van der Waals surface area contributed by atoms with E-state index in [-0.39, 0.29) is 18.9 Å². The fourth-order valence-corrected chi connectivity index (χ4v) is 8.98. The van der Waals surface area contributed by atoms with E-state index in [4.69, 9.17) is 9.05 Å². The van der Waals surface area contributed by atoms with Crippen LogP contribution in [0.4, 0.5) is 0 Å². The van der Waals surface area contributed by atoms with Crippen LogP contribution in [0.15, 0.2) is 85.1 Å². The molecule has 0 heterocycles. The molecular weight excluding hydrogens is 900 g/mol. The van der Waals surface area contributed by atoms with E-state index in [0.29, 0.717) is 17.4 Å². The lowest BCUT2D eigenvalue weighted by Gasteiger charge is -2.29. The normalized spacial score (nSPS) is 14.5. The van der Waals surface area contributed by atoms with Crippen LogP contribution in [0.3, 0.4) is 0 Å². The van der Waals surface area contributed by atoms with Gasteiger partial charge >= 0.3 is 0 Å². The molecule has 0 fully saturated rings. The van der Waals surface area contributed by atoms with Crippen molar-refractivity contribution in [2.45, 2.75) is 264 Å². The largest absolute Gasteiger partial charge is 0.756 e. The first-order valence-corrected chi connectivity index (χ1v) is 30.9. The third-order valence-corrected chi connectivity index (χ3v) is 13.8. The summed E-state index contributed by atoms with van der Waals surface area (Å²) >= 11 is 0. The van der Waals surface area contributed by atoms with Crippen LogP contribution in [0.2, 0.25) is 0 Å². The first-order valence-electron chi connectivity index (χ1n) is 29.4. The van der Waals surface area contributed by atoms with Gasteiger partial charge in [0.15, 0.2) is 0 Å². The van der Waals surface area contributed by atoms with Crippen LogP contribution in [-0.4, -0.2) is 68.5 Å². The molecule has 0 aromatic carbocycles. The van der Waals surface area contributed by atoms with Gasteiger partial charge in [0.25, 0.3) is 7.82 Å². The fourth-order valence-electron chi connectivity index (χ4n) is 8.26. The molecule has 0 spiro atoms. The molecule has 8 nitrogen and oxygen atoms in total. The summed E-state index contributed by atoms with van der Waals surface area (Å²) in [6.45, 7) is 4.50. The van der Waals surface area contributed by atoms with Crippen molar-refractivity contribution in [3.05, 3.63) is 85.1 Å². The molecule has 3 atom stereocenters.